The van der Waals surface area contributed by atoms with Crippen molar-refractivity contribution in [2.45, 2.75) is 13.5 Å². The number of pyridine rings is 1. The maximum Gasteiger partial charge on any atom is 0.152 e. The number of nitrogens with zero attached hydrogens (tertiary/aromatic N) is 2. The lowest BCUT2D eigenvalue weighted by Crippen LogP contribution is -1.95. The van der Waals surface area contributed by atoms with Gasteiger partial charge in [0.1, 0.15) is 0 Å². The molecular weight excluding hydrogens is 304 g/mol. The first kappa shape index (κ1) is 12.4. The van der Waals surface area contributed by atoms with Gasteiger partial charge in [-0.2, -0.15) is 0 Å². The number of hydrogen-bond acceptors (Lipinski definition) is 2. The molecule has 0 fully saturated rings. The minimum Gasteiger partial charge on any atom is -0.390 e. The Morgan fingerprint density at radius 3 is 2.68 bits per heavy atom. The van der Waals surface area contributed by atoms with Gasteiger partial charge in [0, 0.05) is 11.8 Å². The second-order valence-corrected chi connectivity index (χ2v) is 5.34. The molecule has 0 amide bonds. The number of hydrogen-bond donors (Lipinski definition) is 1. The lowest BCUT2D eigenvalue weighted by Gasteiger charge is -2.03. The van der Waals surface area contributed by atoms with Gasteiger partial charge < -0.3 is 5.11 Å². The summed E-state index contributed by atoms with van der Waals surface area (Å²) in [6.45, 7) is 1.98. The van der Waals surface area contributed by atoms with Gasteiger partial charge in [0.2, 0.25) is 0 Å². The average molecular weight is 317 g/mol. The van der Waals surface area contributed by atoms with Crippen LogP contribution in [-0.2, 0) is 6.61 Å². The highest BCUT2D eigenvalue weighted by Crippen LogP contribution is 2.28. The van der Waals surface area contributed by atoms with E-state index in [4.69, 9.17) is 0 Å². The van der Waals surface area contributed by atoms with E-state index in [1.807, 2.05) is 53.9 Å². The van der Waals surface area contributed by atoms with E-state index in [1.54, 1.807) is 0 Å². The second kappa shape index (κ2) is 4.79. The van der Waals surface area contributed by atoms with Crippen LogP contribution < -0.4 is 0 Å². The standard InChI is InChI=1S/C15H13BrN2O/c1-10-7-12(16)15-17-14(11-5-3-2-4-6-11)13(9-19)18(15)8-10/h2-8,19H,9H2,1H3. The number of halogens is 1. The van der Waals surface area contributed by atoms with Gasteiger partial charge in [0.05, 0.1) is 22.5 Å². The highest BCUT2D eigenvalue weighted by molar-refractivity contribution is 9.10. The predicted octanol–water partition coefficient (Wildman–Crippen LogP) is 3.56. The zero-order valence-corrected chi connectivity index (χ0v) is 12.1. The molecule has 2 aromatic heterocycles. The number of aromatic nitrogens is 2. The SMILES string of the molecule is Cc1cc(Br)c2nc(-c3ccccc3)c(CO)n2c1. The Hall–Kier alpha value is -1.65. The van der Waals surface area contributed by atoms with Crippen LogP contribution in [0.5, 0.6) is 0 Å². The third kappa shape index (κ3) is 2.07. The zero-order chi connectivity index (χ0) is 13.4. The Bertz CT molecular complexity index is 735. The fourth-order valence-electron chi connectivity index (χ4n) is 2.26. The maximum absolute atomic E-state index is 9.67. The molecule has 19 heavy (non-hydrogen) atoms. The lowest BCUT2D eigenvalue weighted by atomic mass is 10.1. The van der Waals surface area contributed by atoms with Crippen molar-refractivity contribution in [3.8, 4) is 11.3 Å². The van der Waals surface area contributed by atoms with Crippen LogP contribution in [0.15, 0.2) is 47.1 Å². The van der Waals surface area contributed by atoms with Gasteiger partial charge in [-0.15, -0.1) is 0 Å². The van der Waals surface area contributed by atoms with Crippen molar-refractivity contribution in [2.75, 3.05) is 0 Å². The summed E-state index contributed by atoms with van der Waals surface area (Å²) >= 11 is 3.53. The van der Waals surface area contributed by atoms with Crippen molar-refractivity contribution < 1.29 is 5.11 Å². The van der Waals surface area contributed by atoms with E-state index in [2.05, 4.69) is 20.9 Å². The summed E-state index contributed by atoms with van der Waals surface area (Å²) in [6.07, 6.45) is 1.99. The topological polar surface area (TPSA) is 37.5 Å². The van der Waals surface area contributed by atoms with Crippen molar-refractivity contribution in [3.63, 3.8) is 0 Å². The van der Waals surface area contributed by atoms with Crippen LogP contribution in [0.2, 0.25) is 0 Å². The monoisotopic (exact) mass is 316 g/mol. The highest BCUT2D eigenvalue weighted by Gasteiger charge is 2.15. The van der Waals surface area contributed by atoms with E-state index >= 15 is 0 Å². The van der Waals surface area contributed by atoms with Crippen LogP contribution in [0.4, 0.5) is 0 Å². The normalized spacial score (nSPS) is 11.1. The van der Waals surface area contributed by atoms with Gasteiger partial charge in [0.15, 0.2) is 5.65 Å². The van der Waals surface area contributed by atoms with E-state index in [0.29, 0.717) is 0 Å². The quantitative estimate of drug-likeness (QED) is 0.785. The predicted molar refractivity (Wildman–Crippen MR) is 79.0 cm³/mol. The molecule has 4 heteroatoms. The first-order chi connectivity index (χ1) is 9.20. The summed E-state index contributed by atoms with van der Waals surface area (Å²) in [5, 5.41) is 9.67. The molecule has 0 aliphatic heterocycles. The van der Waals surface area contributed by atoms with Gasteiger partial charge in [-0.25, -0.2) is 4.98 Å². The molecule has 0 saturated heterocycles. The summed E-state index contributed by atoms with van der Waals surface area (Å²) in [5.74, 6) is 0. The Morgan fingerprint density at radius 2 is 2.00 bits per heavy atom. The van der Waals surface area contributed by atoms with Crippen molar-refractivity contribution in [2.24, 2.45) is 0 Å². The molecule has 0 saturated carbocycles. The Labute approximate surface area is 119 Å². The molecule has 0 bridgehead atoms. The van der Waals surface area contributed by atoms with Gasteiger partial charge in [-0.3, -0.25) is 4.40 Å². The molecule has 96 valence electrons. The van der Waals surface area contributed by atoms with Gasteiger partial charge in [-0.1, -0.05) is 30.3 Å². The molecule has 0 aliphatic carbocycles. The molecule has 0 atom stereocenters. The van der Waals surface area contributed by atoms with Crippen molar-refractivity contribution in [1.29, 1.82) is 0 Å². The Balaban J connectivity index is 2.35. The molecule has 0 aliphatic rings. The first-order valence-electron chi connectivity index (χ1n) is 6.04. The Kier molecular flexibility index (Phi) is 3.12. The van der Waals surface area contributed by atoms with Crippen LogP contribution >= 0.6 is 15.9 Å². The fourth-order valence-corrected chi connectivity index (χ4v) is 2.90. The van der Waals surface area contributed by atoms with Gasteiger partial charge >= 0.3 is 0 Å². The molecule has 2 heterocycles. The summed E-state index contributed by atoms with van der Waals surface area (Å²) in [5.41, 5.74) is 4.60. The number of imidazole rings is 1. The highest BCUT2D eigenvalue weighted by atomic mass is 79.9. The summed E-state index contributed by atoms with van der Waals surface area (Å²) < 4.78 is 2.88. The third-order valence-electron chi connectivity index (χ3n) is 3.11. The van der Waals surface area contributed by atoms with E-state index < -0.39 is 0 Å². The van der Waals surface area contributed by atoms with Gasteiger partial charge in [0.25, 0.3) is 0 Å². The van der Waals surface area contributed by atoms with Gasteiger partial charge in [-0.05, 0) is 34.5 Å². The minimum atomic E-state index is -0.0404. The van der Waals surface area contributed by atoms with Crippen molar-refractivity contribution in [3.05, 3.63) is 58.3 Å². The molecule has 3 nitrogen and oxygen atoms in total. The van der Waals surface area contributed by atoms with Crippen LogP contribution in [0.3, 0.4) is 0 Å². The summed E-state index contributed by atoms with van der Waals surface area (Å²) in [4.78, 5) is 4.65. The number of aliphatic hydroxyl groups is 1. The summed E-state index contributed by atoms with van der Waals surface area (Å²) in [7, 11) is 0. The molecule has 3 aromatic rings. The number of aliphatic hydroxyl groups excluding tert-OH is 1. The lowest BCUT2D eigenvalue weighted by molar-refractivity contribution is 0.276. The molecule has 3 rings (SSSR count). The third-order valence-corrected chi connectivity index (χ3v) is 3.69. The minimum absolute atomic E-state index is 0.0404. The van der Waals surface area contributed by atoms with Crippen molar-refractivity contribution in [1.82, 2.24) is 9.38 Å². The molecule has 1 N–H and O–H groups in total. The molecule has 0 unspecified atom stereocenters. The second-order valence-electron chi connectivity index (χ2n) is 4.49. The van der Waals surface area contributed by atoms with E-state index in [-0.39, 0.29) is 6.61 Å². The average Bonchev–Trinajstić information content (AvgIpc) is 2.78. The van der Waals surface area contributed by atoms with Crippen LogP contribution in [-0.4, -0.2) is 14.5 Å². The fraction of sp³-hybridized carbons (Fsp3) is 0.133. The first-order valence-corrected chi connectivity index (χ1v) is 6.83. The number of benzene rings is 1. The maximum atomic E-state index is 9.67. The number of aryl methyl sites for hydroxylation is 1. The van der Waals surface area contributed by atoms with E-state index in [9.17, 15) is 5.11 Å². The zero-order valence-electron chi connectivity index (χ0n) is 10.5. The Morgan fingerprint density at radius 1 is 1.26 bits per heavy atom. The largest absolute Gasteiger partial charge is 0.390 e. The molecule has 1 aromatic carbocycles. The van der Waals surface area contributed by atoms with Crippen molar-refractivity contribution >= 4 is 21.6 Å². The molecule has 0 radical (unpaired) electrons. The smallest absolute Gasteiger partial charge is 0.152 e. The summed E-state index contributed by atoms with van der Waals surface area (Å²) in [6, 6.07) is 11.9. The van der Waals surface area contributed by atoms with Crippen LogP contribution in [0, 0.1) is 6.92 Å². The molecule has 0 spiro atoms. The van der Waals surface area contributed by atoms with Crippen LogP contribution in [0.1, 0.15) is 11.3 Å². The van der Waals surface area contributed by atoms with Crippen LogP contribution in [0.25, 0.3) is 16.9 Å². The number of fused-ring (bicyclic) bond motifs is 1. The van der Waals surface area contributed by atoms with E-state index in [1.165, 1.54) is 0 Å². The molecular formula is C15H13BrN2O. The number of rotatable bonds is 2. The van der Waals surface area contributed by atoms with E-state index in [0.717, 1.165) is 32.6 Å².